The van der Waals surface area contributed by atoms with Crippen molar-refractivity contribution in [1.29, 1.82) is 0 Å². The summed E-state index contributed by atoms with van der Waals surface area (Å²) in [7, 11) is 0. The largest absolute Gasteiger partial charge is 0.394 e. The molecule has 106 valence electrons. The third-order valence-corrected chi connectivity index (χ3v) is 3.06. The molecule has 2 amide bonds. The predicted octanol–water partition coefficient (Wildman–Crippen LogP) is 2.88. The lowest BCUT2D eigenvalue weighted by atomic mass is 9.87. The molecule has 0 unspecified atom stereocenters. The normalized spacial score (nSPS) is 12.9. The number of hydrogen-bond donors (Lipinski definition) is 3. The first kappa shape index (κ1) is 15.5. The van der Waals surface area contributed by atoms with Gasteiger partial charge in [0.05, 0.1) is 12.6 Å². The van der Waals surface area contributed by atoms with Crippen LogP contribution in [0, 0.1) is 0 Å². The summed E-state index contributed by atoms with van der Waals surface area (Å²) in [5, 5.41) is 14.5. The third kappa shape index (κ3) is 4.91. The fraction of sp³-hybridized carbons (Fsp3) is 0.533. The Morgan fingerprint density at radius 1 is 1.26 bits per heavy atom. The Morgan fingerprint density at radius 2 is 1.84 bits per heavy atom. The van der Waals surface area contributed by atoms with Crippen LogP contribution in [-0.2, 0) is 5.41 Å². The highest BCUT2D eigenvalue weighted by Gasteiger charge is 2.13. The van der Waals surface area contributed by atoms with Crippen LogP contribution in [0.4, 0.5) is 10.5 Å². The smallest absolute Gasteiger partial charge is 0.319 e. The van der Waals surface area contributed by atoms with Crippen molar-refractivity contribution in [3.63, 3.8) is 0 Å². The summed E-state index contributed by atoms with van der Waals surface area (Å²) in [5.41, 5.74) is 2.07. The molecule has 19 heavy (non-hydrogen) atoms. The summed E-state index contributed by atoms with van der Waals surface area (Å²) >= 11 is 0. The second kappa shape index (κ2) is 6.57. The average molecular weight is 264 g/mol. The molecule has 0 radical (unpaired) electrons. The van der Waals surface area contributed by atoms with Crippen molar-refractivity contribution in [2.45, 2.75) is 45.6 Å². The molecule has 0 saturated heterocycles. The number of benzene rings is 1. The molecule has 1 rings (SSSR count). The van der Waals surface area contributed by atoms with E-state index >= 15 is 0 Å². The van der Waals surface area contributed by atoms with Crippen LogP contribution in [-0.4, -0.2) is 23.8 Å². The molecular formula is C15H24N2O2. The van der Waals surface area contributed by atoms with Gasteiger partial charge in [-0.1, -0.05) is 39.8 Å². The summed E-state index contributed by atoms with van der Waals surface area (Å²) in [4.78, 5) is 11.7. The third-order valence-electron chi connectivity index (χ3n) is 3.06. The van der Waals surface area contributed by atoms with Crippen molar-refractivity contribution in [2.24, 2.45) is 0 Å². The van der Waals surface area contributed by atoms with E-state index in [4.69, 9.17) is 5.11 Å². The van der Waals surface area contributed by atoms with Gasteiger partial charge in [0.15, 0.2) is 0 Å². The van der Waals surface area contributed by atoms with Gasteiger partial charge in [0.2, 0.25) is 0 Å². The van der Waals surface area contributed by atoms with Gasteiger partial charge < -0.3 is 15.7 Å². The quantitative estimate of drug-likeness (QED) is 0.783. The van der Waals surface area contributed by atoms with Crippen LogP contribution in [0.5, 0.6) is 0 Å². The first-order valence-corrected chi connectivity index (χ1v) is 6.65. The SMILES string of the molecule is CC[C@@H](CO)NC(=O)Nc1ccc(C(C)(C)C)cc1. The van der Waals surface area contributed by atoms with Gasteiger partial charge in [-0.3, -0.25) is 0 Å². The van der Waals surface area contributed by atoms with Crippen LogP contribution in [0.25, 0.3) is 0 Å². The van der Waals surface area contributed by atoms with E-state index in [1.165, 1.54) is 5.56 Å². The van der Waals surface area contributed by atoms with Gasteiger partial charge in [0.1, 0.15) is 0 Å². The molecule has 0 aromatic heterocycles. The molecule has 4 nitrogen and oxygen atoms in total. The lowest BCUT2D eigenvalue weighted by Gasteiger charge is -2.19. The second-order valence-corrected chi connectivity index (χ2v) is 5.71. The predicted molar refractivity (Wildman–Crippen MR) is 78.5 cm³/mol. The van der Waals surface area contributed by atoms with E-state index in [2.05, 4.69) is 31.4 Å². The van der Waals surface area contributed by atoms with E-state index in [1.54, 1.807) is 0 Å². The maximum Gasteiger partial charge on any atom is 0.319 e. The number of urea groups is 1. The van der Waals surface area contributed by atoms with Gasteiger partial charge >= 0.3 is 6.03 Å². The van der Waals surface area contributed by atoms with Gasteiger partial charge in [0, 0.05) is 5.69 Å². The number of carbonyl (C=O) groups is 1. The molecule has 1 atom stereocenters. The number of rotatable bonds is 4. The Bertz CT molecular complexity index is 403. The summed E-state index contributed by atoms with van der Waals surface area (Å²) in [6.07, 6.45) is 0.701. The molecule has 0 aliphatic carbocycles. The zero-order chi connectivity index (χ0) is 14.5. The monoisotopic (exact) mass is 264 g/mol. The van der Waals surface area contributed by atoms with Gasteiger partial charge in [-0.2, -0.15) is 0 Å². The molecule has 0 spiro atoms. The molecule has 0 fully saturated rings. The number of anilines is 1. The van der Waals surface area contributed by atoms with Crippen LogP contribution >= 0.6 is 0 Å². The van der Waals surface area contributed by atoms with Gasteiger partial charge in [0.25, 0.3) is 0 Å². The number of carbonyl (C=O) groups excluding carboxylic acids is 1. The molecule has 0 heterocycles. The minimum absolute atomic E-state index is 0.0487. The van der Waals surface area contributed by atoms with Gasteiger partial charge in [-0.05, 0) is 29.5 Å². The van der Waals surface area contributed by atoms with Crippen molar-refractivity contribution < 1.29 is 9.90 Å². The fourth-order valence-corrected chi connectivity index (χ4v) is 1.68. The standard InChI is InChI=1S/C15H24N2O2/c1-5-12(10-18)16-14(19)17-13-8-6-11(7-9-13)15(2,3)4/h6-9,12,18H,5,10H2,1-4H3,(H2,16,17,19)/t12-/m0/s1. The lowest BCUT2D eigenvalue weighted by molar-refractivity contribution is 0.222. The molecule has 3 N–H and O–H groups in total. The molecular weight excluding hydrogens is 240 g/mol. The van der Waals surface area contributed by atoms with E-state index < -0.39 is 0 Å². The Kier molecular flexibility index (Phi) is 5.36. The van der Waals surface area contributed by atoms with Gasteiger partial charge in [-0.15, -0.1) is 0 Å². The van der Waals surface area contributed by atoms with E-state index in [0.717, 1.165) is 5.69 Å². The summed E-state index contributed by atoms with van der Waals surface area (Å²) in [6.45, 7) is 8.31. The minimum atomic E-state index is -0.288. The highest BCUT2D eigenvalue weighted by Crippen LogP contribution is 2.23. The Balaban J connectivity index is 2.61. The number of aliphatic hydroxyl groups excluding tert-OH is 1. The molecule has 0 aliphatic rings. The number of amides is 2. The van der Waals surface area contributed by atoms with Crippen molar-refractivity contribution in [1.82, 2.24) is 5.32 Å². The zero-order valence-corrected chi connectivity index (χ0v) is 12.2. The average Bonchev–Trinajstić information content (AvgIpc) is 2.35. The van der Waals surface area contributed by atoms with E-state index in [1.807, 2.05) is 31.2 Å². The van der Waals surface area contributed by atoms with E-state index in [-0.39, 0.29) is 24.1 Å². The topological polar surface area (TPSA) is 61.4 Å². The van der Waals surface area contributed by atoms with Gasteiger partial charge in [-0.25, -0.2) is 4.79 Å². The Hall–Kier alpha value is -1.55. The van der Waals surface area contributed by atoms with E-state index in [9.17, 15) is 4.79 Å². The van der Waals surface area contributed by atoms with Crippen molar-refractivity contribution in [3.05, 3.63) is 29.8 Å². The Morgan fingerprint density at radius 3 is 2.26 bits per heavy atom. The number of aliphatic hydroxyl groups is 1. The fourth-order valence-electron chi connectivity index (χ4n) is 1.68. The highest BCUT2D eigenvalue weighted by molar-refractivity contribution is 5.89. The number of hydrogen-bond acceptors (Lipinski definition) is 2. The first-order chi connectivity index (χ1) is 8.86. The molecule has 1 aromatic rings. The molecule has 0 saturated carbocycles. The maximum absolute atomic E-state index is 11.7. The Labute approximate surface area is 115 Å². The first-order valence-electron chi connectivity index (χ1n) is 6.65. The van der Waals surface area contributed by atoms with Crippen molar-refractivity contribution >= 4 is 11.7 Å². The lowest BCUT2D eigenvalue weighted by Crippen LogP contribution is -2.39. The van der Waals surface area contributed by atoms with Crippen LogP contribution < -0.4 is 10.6 Å². The maximum atomic E-state index is 11.7. The van der Waals surface area contributed by atoms with Crippen LogP contribution in [0.15, 0.2) is 24.3 Å². The van der Waals surface area contributed by atoms with Crippen LogP contribution in [0.1, 0.15) is 39.7 Å². The summed E-state index contributed by atoms with van der Waals surface area (Å²) in [6, 6.07) is 7.32. The summed E-state index contributed by atoms with van der Waals surface area (Å²) < 4.78 is 0. The summed E-state index contributed by atoms with van der Waals surface area (Å²) in [5.74, 6) is 0. The second-order valence-electron chi connectivity index (χ2n) is 5.71. The minimum Gasteiger partial charge on any atom is -0.394 e. The van der Waals surface area contributed by atoms with Crippen LogP contribution in [0.3, 0.4) is 0 Å². The molecule has 1 aromatic carbocycles. The molecule has 4 heteroatoms. The zero-order valence-electron chi connectivity index (χ0n) is 12.2. The molecule has 0 aliphatic heterocycles. The number of nitrogens with one attached hydrogen (secondary N) is 2. The van der Waals surface area contributed by atoms with Crippen LogP contribution in [0.2, 0.25) is 0 Å². The van der Waals surface area contributed by atoms with Crippen molar-refractivity contribution in [2.75, 3.05) is 11.9 Å². The highest BCUT2D eigenvalue weighted by atomic mass is 16.3. The molecule has 0 bridgehead atoms. The van der Waals surface area contributed by atoms with E-state index in [0.29, 0.717) is 6.42 Å². The van der Waals surface area contributed by atoms with Crippen molar-refractivity contribution in [3.8, 4) is 0 Å².